The first-order valence-electron chi connectivity index (χ1n) is 7.75. The summed E-state index contributed by atoms with van der Waals surface area (Å²) in [6.45, 7) is 10.9. The summed E-state index contributed by atoms with van der Waals surface area (Å²) in [6, 6.07) is 0.601. The first-order valence-corrected chi connectivity index (χ1v) is 7.75. The van der Waals surface area contributed by atoms with E-state index in [1.807, 2.05) is 20.8 Å². The fourth-order valence-electron chi connectivity index (χ4n) is 3.05. The van der Waals surface area contributed by atoms with Crippen molar-refractivity contribution in [2.45, 2.75) is 45.3 Å². The molecule has 0 aromatic rings. The quantitative estimate of drug-likeness (QED) is 0.850. The molecule has 0 radical (unpaired) electrons. The number of nitrogens with zero attached hydrogens (tertiary/aromatic N) is 2. The van der Waals surface area contributed by atoms with Crippen LogP contribution in [0.15, 0.2) is 0 Å². The average molecular weight is 283 g/mol. The molecule has 1 unspecified atom stereocenters. The zero-order valence-corrected chi connectivity index (χ0v) is 13.3. The molecule has 20 heavy (non-hydrogen) atoms. The van der Waals surface area contributed by atoms with Gasteiger partial charge in [0.05, 0.1) is 0 Å². The van der Waals surface area contributed by atoms with Crippen LogP contribution < -0.4 is 5.32 Å². The Kier molecular flexibility index (Phi) is 4.91. The minimum Gasteiger partial charge on any atom is -0.444 e. The fourth-order valence-corrected chi connectivity index (χ4v) is 3.05. The Morgan fingerprint density at radius 1 is 1.35 bits per heavy atom. The molecule has 3 heterocycles. The molecule has 0 saturated carbocycles. The van der Waals surface area contributed by atoms with E-state index in [-0.39, 0.29) is 6.09 Å². The number of likely N-dealkylation sites (N-methyl/N-ethyl adjacent to an activating group) is 1. The van der Waals surface area contributed by atoms with Crippen LogP contribution in [0.2, 0.25) is 0 Å². The van der Waals surface area contributed by atoms with Gasteiger partial charge in [0.2, 0.25) is 0 Å². The van der Waals surface area contributed by atoms with Crippen LogP contribution in [0, 0.1) is 5.92 Å². The molecule has 1 atom stereocenters. The molecular weight excluding hydrogens is 254 g/mol. The number of ether oxygens (including phenoxy) is 1. The Hall–Kier alpha value is -0.810. The highest BCUT2D eigenvalue weighted by Gasteiger charge is 2.33. The van der Waals surface area contributed by atoms with Crippen molar-refractivity contribution in [3.63, 3.8) is 0 Å². The van der Waals surface area contributed by atoms with Gasteiger partial charge >= 0.3 is 6.09 Å². The van der Waals surface area contributed by atoms with E-state index in [9.17, 15) is 4.79 Å². The molecular formula is C15H29N3O2. The molecule has 1 N–H and O–H groups in total. The number of piperidine rings is 3. The minimum atomic E-state index is -0.422. The summed E-state index contributed by atoms with van der Waals surface area (Å²) in [7, 11) is 1.80. The lowest BCUT2D eigenvalue weighted by Gasteiger charge is -2.45. The first-order chi connectivity index (χ1) is 9.35. The summed E-state index contributed by atoms with van der Waals surface area (Å²) in [5, 5.41) is 3.61. The van der Waals surface area contributed by atoms with Crippen molar-refractivity contribution >= 4 is 6.09 Å². The molecule has 0 spiro atoms. The van der Waals surface area contributed by atoms with Crippen molar-refractivity contribution in [2.75, 3.05) is 39.8 Å². The maximum atomic E-state index is 11.8. The lowest BCUT2D eigenvalue weighted by atomic mass is 9.84. The number of carbonyl (C=O) groups is 1. The van der Waals surface area contributed by atoms with Gasteiger partial charge in [0, 0.05) is 32.7 Å². The van der Waals surface area contributed by atoms with Crippen molar-refractivity contribution in [1.82, 2.24) is 15.1 Å². The van der Waals surface area contributed by atoms with E-state index >= 15 is 0 Å². The lowest BCUT2D eigenvalue weighted by Crippen LogP contribution is -2.56. The van der Waals surface area contributed by atoms with E-state index < -0.39 is 5.60 Å². The van der Waals surface area contributed by atoms with Gasteiger partial charge in [0.15, 0.2) is 0 Å². The van der Waals surface area contributed by atoms with Crippen molar-refractivity contribution in [2.24, 2.45) is 5.92 Å². The molecule has 0 aromatic heterocycles. The molecule has 3 rings (SSSR count). The second-order valence-corrected chi connectivity index (χ2v) is 7.10. The summed E-state index contributed by atoms with van der Waals surface area (Å²) in [5.41, 5.74) is -0.422. The van der Waals surface area contributed by atoms with Gasteiger partial charge in [-0.1, -0.05) is 0 Å². The lowest BCUT2D eigenvalue weighted by molar-refractivity contribution is 0.0289. The summed E-state index contributed by atoms with van der Waals surface area (Å²) in [4.78, 5) is 16.0. The standard InChI is InChI=1S/C15H29N3O2/c1-15(2,3)20-14(19)17(4)10-7-16-13-11-18-8-5-12(13)6-9-18/h12-13,16H,5-11H2,1-4H3. The second kappa shape index (κ2) is 6.31. The number of nitrogens with one attached hydrogen (secondary N) is 1. The largest absolute Gasteiger partial charge is 0.444 e. The van der Waals surface area contributed by atoms with Gasteiger partial charge in [-0.3, -0.25) is 0 Å². The maximum Gasteiger partial charge on any atom is 0.410 e. The van der Waals surface area contributed by atoms with Crippen LogP contribution in [0.4, 0.5) is 4.79 Å². The zero-order chi connectivity index (χ0) is 14.8. The third-order valence-corrected chi connectivity index (χ3v) is 4.22. The minimum absolute atomic E-state index is 0.242. The van der Waals surface area contributed by atoms with E-state index in [1.165, 1.54) is 32.5 Å². The molecule has 3 aliphatic rings. The van der Waals surface area contributed by atoms with E-state index in [4.69, 9.17) is 4.74 Å². The number of hydrogen-bond acceptors (Lipinski definition) is 4. The average Bonchev–Trinajstić information content (AvgIpc) is 2.38. The molecule has 5 nitrogen and oxygen atoms in total. The van der Waals surface area contributed by atoms with Crippen molar-refractivity contribution in [1.29, 1.82) is 0 Å². The van der Waals surface area contributed by atoms with Crippen LogP contribution in [0.25, 0.3) is 0 Å². The summed E-state index contributed by atoms with van der Waals surface area (Å²) >= 11 is 0. The molecule has 3 aliphatic heterocycles. The maximum absolute atomic E-state index is 11.8. The van der Waals surface area contributed by atoms with Crippen molar-refractivity contribution in [3.05, 3.63) is 0 Å². The Bertz CT molecular complexity index is 333. The van der Waals surface area contributed by atoms with Crippen LogP contribution in [0.1, 0.15) is 33.6 Å². The van der Waals surface area contributed by atoms with Crippen LogP contribution in [-0.4, -0.2) is 67.3 Å². The molecule has 2 bridgehead atoms. The van der Waals surface area contributed by atoms with Crippen molar-refractivity contribution < 1.29 is 9.53 Å². The monoisotopic (exact) mass is 283 g/mol. The normalized spacial score (nSPS) is 29.3. The third-order valence-electron chi connectivity index (χ3n) is 4.22. The summed E-state index contributed by atoms with van der Waals surface area (Å²) in [6.07, 6.45) is 2.40. The fraction of sp³-hybridized carbons (Fsp3) is 0.933. The molecule has 3 saturated heterocycles. The molecule has 0 aromatic carbocycles. The predicted octanol–water partition coefficient (Wildman–Crippen LogP) is 1.54. The molecule has 5 heteroatoms. The molecule has 0 aliphatic carbocycles. The zero-order valence-electron chi connectivity index (χ0n) is 13.3. The third kappa shape index (κ3) is 4.35. The van der Waals surface area contributed by atoms with Gasteiger partial charge < -0.3 is 19.9 Å². The van der Waals surface area contributed by atoms with Crippen molar-refractivity contribution in [3.8, 4) is 0 Å². The van der Waals surface area contributed by atoms with E-state index in [1.54, 1.807) is 11.9 Å². The van der Waals surface area contributed by atoms with Crippen LogP contribution in [0.5, 0.6) is 0 Å². The van der Waals surface area contributed by atoms with Gasteiger partial charge in [0.1, 0.15) is 5.60 Å². The topological polar surface area (TPSA) is 44.8 Å². The van der Waals surface area contributed by atoms with Crippen LogP contribution in [0.3, 0.4) is 0 Å². The number of hydrogen-bond donors (Lipinski definition) is 1. The van der Waals surface area contributed by atoms with E-state index in [0.29, 0.717) is 12.6 Å². The number of rotatable bonds is 4. The van der Waals surface area contributed by atoms with Crippen LogP contribution in [-0.2, 0) is 4.74 Å². The van der Waals surface area contributed by atoms with Gasteiger partial charge in [-0.2, -0.15) is 0 Å². The second-order valence-electron chi connectivity index (χ2n) is 7.10. The highest BCUT2D eigenvalue weighted by molar-refractivity contribution is 5.67. The van der Waals surface area contributed by atoms with Gasteiger partial charge in [-0.05, 0) is 52.6 Å². The van der Waals surface area contributed by atoms with E-state index in [2.05, 4.69) is 10.2 Å². The highest BCUT2D eigenvalue weighted by Crippen LogP contribution is 2.27. The SMILES string of the molecule is CN(CCNC1CN2CCC1CC2)C(=O)OC(C)(C)C. The van der Waals surface area contributed by atoms with Gasteiger partial charge in [-0.25, -0.2) is 4.79 Å². The molecule has 116 valence electrons. The van der Waals surface area contributed by atoms with Gasteiger partial charge in [0.25, 0.3) is 0 Å². The number of amides is 1. The summed E-state index contributed by atoms with van der Waals surface area (Å²) < 4.78 is 5.34. The van der Waals surface area contributed by atoms with Crippen LogP contribution >= 0.6 is 0 Å². The number of carbonyl (C=O) groups excluding carboxylic acids is 1. The Labute approximate surface area is 122 Å². The Morgan fingerprint density at radius 2 is 2.00 bits per heavy atom. The first kappa shape index (κ1) is 15.6. The Balaban J connectivity index is 1.66. The smallest absolute Gasteiger partial charge is 0.410 e. The van der Waals surface area contributed by atoms with Gasteiger partial charge in [-0.15, -0.1) is 0 Å². The molecule has 1 amide bonds. The summed E-state index contributed by atoms with van der Waals surface area (Å²) in [5.74, 6) is 0.826. The highest BCUT2D eigenvalue weighted by atomic mass is 16.6. The molecule has 3 fully saturated rings. The van der Waals surface area contributed by atoms with E-state index in [0.717, 1.165) is 12.5 Å². The predicted molar refractivity (Wildman–Crippen MR) is 79.8 cm³/mol. The number of fused-ring (bicyclic) bond motifs is 3. The Morgan fingerprint density at radius 3 is 2.50 bits per heavy atom.